The van der Waals surface area contributed by atoms with Gasteiger partial charge in [-0.25, -0.2) is 0 Å². The van der Waals surface area contributed by atoms with Crippen molar-refractivity contribution in [2.24, 2.45) is 5.92 Å². The fraction of sp³-hybridized carbons (Fsp3) is 0.429. The first-order chi connectivity index (χ1) is 11.3. The Balaban J connectivity index is 1.40. The van der Waals surface area contributed by atoms with Gasteiger partial charge in [-0.05, 0) is 62.4 Å². The molecule has 1 aliphatic rings. The zero-order valence-electron chi connectivity index (χ0n) is 13.8. The van der Waals surface area contributed by atoms with E-state index in [4.69, 9.17) is 0 Å². The molecule has 1 fully saturated rings. The normalized spacial score (nSPS) is 18.0. The molecule has 1 aliphatic heterocycles. The summed E-state index contributed by atoms with van der Waals surface area (Å²) in [6.07, 6.45) is 4.27. The highest BCUT2D eigenvalue weighted by molar-refractivity contribution is 5.18. The Labute approximate surface area is 139 Å². The zero-order chi connectivity index (χ0) is 15.9. The third-order valence-electron chi connectivity index (χ3n) is 5.00. The Morgan fingerprint density at radius 2 is 1.52 bits per heavy atom. The lowest BCUT2D eigenvalue weighted by atomic mass is 9.87. The fourth-order valence-electron chi connectivity index (χ4n) is 3.57. The third kappa shape index (κ3) is 4.66. The second kappa shape index (κ2) is 8.28. The standard InChI is InChI=1S/C21H27NO/c23-21(19-11-5-2-6-12-19)20-13-16-22(17-14-20)15-7-10-18-8-3-1-4-9-18/h1-6,8-9,11-12,20-21,23H,7,10,13-17H2/t21-/m1/s1. The van der Waals surface area contributed by atoms with Gasteiger partial charge in [0.05, 0.1) is 6.10 Å². The SMILES string of the molecule is O[C@H](c1ccccc1)C1CCN(CCCc2ccccc2)CC1. The maximum atomic E-state index is 10.5. The highest BCUT2D eigenvalue weighted by Gasteiger charge is 2.25. The molecule has 0 saturated carbocycles. The molecule has 2 aromatic carbocycles. The molecule has 0 aromatic heterocycles. The Morgan fingerprint density at radius 1 is 0.913 bits per heavy atom. The molecule has 0 amide bonds. The molecular formula is C21H27NO. The molecule has 1 N–H and O–H groups in total. The van der Waals surface area contributed by atoms with Crippen LogP contribution in [0.25, 0.3) is 0 Å². The largest absolute Gasteiger partial charge is 0.388 e. The lowest BCUT2D eigenvalue weighted by Crippen LogP contribution is -2.36. The lowest BCUT2D eigenvalue weighted by Gasteiger charge is -2.34. The number of aryl methyl sites for hydroxylation is 1. The summed E-state index contributed by atoms with van der Waals surface area (Å²) < 4.78 is 0. The van der Waals surface area contributed by atoms with Gasteiger partial charge in [0.1, 0.15) is 0 Å². The minimum absolute atomic E-state index is 0.303. The predicted octanol–water partition coefficient (Wildman–Crippen LogP) is 4.06. The van der Waals surface area contributed by atoms with Crippen LogP contribution in [0, 0.1) is 5.92 Å². The van der Waals surface area contributed by atoms with Gasteiger partial charge >= 0.3 is 0 Å². The van der Waals surface area contributed by atoms with E-state index in [0.717, 1.165) is 37.9 Å². The van der Waals surface area contributed by atoms with Crippen molar-refractivity contribution in [1.29, 1.82) is 0 Å². The maximum absolute atomic E-state index is 10.5. The van der Waals surface area contributed by atoms with Gasteiger partial charge < -0.3 is 10.0 Å². The van der Waals surface area contributed by atoms with Gasteiger partial charge in [0.2, 0.25) is 0 Å². The Bertz CT molecular complexity index is 561. The summed E-state index contributed by atoms with van der Waals surface area (Å²) in [4.78, 5) is 2.55. The first-order valence-corrected chi connectivity index (χ1v) is 8.82. The van der Waals surface area contributed by atoms with E-state index in [-0.39, 0.29) is 6.10 Å². The topological polar surface area (TPSA) is 23.5 Å². The number of hydrogen-bond donors (Lipinski definition) is 1. The van der Waals surface area contributed by atoms with Crippen molar-refractivity contribution in [3.8, 4) is 0 Å². The van der Waals surface area contributed by atoms with E-state index in [1.165, 1.54) is 18.5 Å². The van der Waals surface area contributed by atoms with Crippen LogP contribution in [-0.2, 0) is 6.42 Å². The van der Waals surface area contributed by atoms with Crippen molar-refractivity contribution >= 4 is 0 Å². The second-order valence-electron chi connectivity index (χ2n) is 6.62. The summed E-state index contributed by atoms with van der Waals surface area (Å²) in [6.45, 7) is 3.40. The van der Waals surface area contributed by atoms with Crippen LogP contribution < -0.4 is 0 Å². The molecule has 1 atom stereocenters. The van der Waals surface area contributed by atoms with E-state index in [2.05, 4.69) is 35.2 Å². The zero-order valence-corrected chi connectivity index (χ0v) is 13.8. The van der Waals surface area contributed by atoms with Gasteiger partial charge in [0.15, 0.2) is 0 Å². The highest BCUT2D eigenvalue weighted by atomic mass is 16.3. The number of rotatable bonds is 6. The average Bonchev–Trinajstić information content (AvgIpc) is 2.63. The van der Waals surface area contributed by atoms with Crippen LogP contribution in [0.3, 0.4) is 0 Å². The molecule has 1 heterocycles. The highest BCUT2D eigenvalue weighted by Crippen LogP contribution is 2.30. The number of nitrogens with zero attached hydrogens (tertiary/aromatic N) is 1. The van der Waals surface area contributed by atoms with Gasteiger partial charge in [-0.2, -0.15) is 0 Å². The molecule has 2 heteroatoms. The van der Waals surface area contributed by atoms with Gasteiger partial charge in [-0.3, -0.25) is 0 Å². The van der Waals surface area contributed by atoms with Crippen LogP contribution in [0.4, 0.5) is 0 Å². The van der Waals surface area contributed by atoms with Gasteiger partial charge in [0, 0.05) is 0 Å². The fourth-order valence-corrected chi connectivity index (χ4v) is 3.57. The minimum atomic E-state index is -0.303. The van der Waals surface area contributed by atoms with Gasteiger partial charge in [0.25, 0.3) is 0 Å². The number of hydrogen-bond acceptors (Lipinski definition) is 2. The van der Waals surface area contributed by atoms with E-state index >= 15 is 0 Å². The summed E-state index contributed by atoms with van der Waals surface area (Å²) in [5.74, 6) is 0.405. The summed E-state index contributed by atoms with van der Waals surface area (Å²) in [6, 6.07) is 20.8. The molecule has 3 rings (SSSR count). The first kappa shape index (κ1) is 16.2. The minimum Gasteiger partial charge on any atom is -0.388 e. The van der Waals surface area contributed by atoms with Crippen LogP contribution in [0.15, 0.2) is 60.7 Å². The molecule has 0 bridgehead atoms. The van der Waals surface area contributed by atoms with Gasteiger partial charge in [-0.1, -0.05) is 60.7 Å². The van der Waals surface area contributed by atoms with Crippen molar-refractivity contribution in [2.75, 3.05) is 19.6 Å². The smallest absolute Gasteiger partial charge is 0.0819 e. The molecule has 2 nitrogen and oxygen atoms in total. The summed E-state index contributed by atoms with van der Waals surface area (Å²) in [5.41, 5.74) is 2.50. The quantitative estimate of drug-likeness (QED) is 0.869. The van der Waals surface area contributed by atoms with Crippen LogP contribution in [0.2, 0.25) is 0 Å². The Morgan fingerprint density at radius 3 is 2.17 bits per heavy atom. The summed E-state index contributed by atoms with van der Waals surface area (Å²) in [5, 5.41) is 10.5. The second-order valence-corrected chi connectivity index (χ2v) is 6.62. The monoisotopic (exact) mass is 309 g/mol. The number of benzene rings is 2. The average molecular weight is 309 g/mol. The first-order valence-electron chi connectivity index (χ1n) is 8.82. The van der Waals surface area contributed by atoms with Crippen molar-refractivity contribution in [3.63, 3.8) is 0 Å². The van der Waals surface area contributed by atoms with Gasteiger partial charge in [-0.15, -0.1) is 0 Å². The van der Waals surface area contributed by atoms with Crippen molar-refractivity contribution in [2.45, 2.75) is 31.8 Å². The lowest BCUT2D eigenvalue weighted by molar-refractivity contribution is 0.0586. The van der Waals surface area contributed by atoms with Crippen molar-refractivity contribution < 1.29 is 5.11 Å². The molecule has 0 spiro atoms. The Kier molecular flexibility index (Phi) is 5.84. The van der Waals surface area contributed by atoms with E-state index in [1.54, 1.807) is 0 Å². The maximum Gasteiger partial charge on any atom is 0.0819 e. The molecule has 0 aliphatic carbocycles. The molecule has 23 heavy (non-hydrogen) atoms. The van der Waals surface area contributed by atoms with Crippen LogP contribution in [0.5, 0.6) is 0 Å². The van der Waals surface area contributed by atoms with E-state index < -0.39 is 0 Å². The van der Waals surface area contributed by atoms with E-state index in [1.807, 2.05) is 30.3 Å². The molecule has 0 unspecified atom stereocenters. The number of aliphatic hydroxyl groups is 1. The van der Waals surface area contributed by atoms with E-state index in [9.17, 15) is 5.11 Å². The Hall–Kier alpha value is -1.64. The van der Waals surface area contributed by atoms with Crippen LogP contribution in [-0.4, -0.2) is 29.6 Å². The number of aliphatic hydroxyl groups excluding tert-OH is 1. The van der Waals surface area contributed by atoms with E-state index in [0.29, 0.717) is 5.92 Å². The molecule has 1 saturated heterocycles. The molecule has 122 valence electrons. The van der Waals surface area contributed by atoms with Crippen LogP contribution in [0.1, 0.15) is 36.5 Å². The number of likely N-dealkylation sites (tertiary alicyclic amines) is 1. The third-order valence-corrected chi connectivity index (χ3v) is 5.00. The molecule has 0 radical (unpaired) electrons. The number of piperidine rings is 1. The summed E-state index contributed by atoms with van der Waals surface area (Å²) >= 11 is 0. The summed E-state index contributed by atoms with van der Waals surface area (Å²) in [7, 11) is 0. The molecular weight excluding hydrogens is 282 g/mol. The molecule has 2 aromatic rings. The predicted molar refractivity (Wildman–Crippen MR) is 95.3 cm³/mol. The van der Waals surface area contributed by atoms with Crippen molar-refractivity contribution in [3.05, 3.63) is 71.8 Å². The van der Waals surface area contributed by atoms with Crippen molar-refractivity contribution in [1.82, 2.24) is 4.90 Å². The van der Waals surface area contributed by atoms with Crippen LogP contribution >= 0.6 is 0 Å².